The fraction of sp³-hybridized carbons (Fsp3) is 0.824. The van der Waals surface area contributed by atoms with Crippen molar-refractivity contribution >= 4 is 24.8 Å². The van der Waals surface area contributed by atoms with E-state index in [1.807, 2.05) is 0 Å². The third-order valence-corrected chi connectivity index (χ3v) is 5.14. The molecule has 2 heterocycles. The highest BCUT2D eigenvalue weighted by molar-refractivity contribution is 5.85. The molecular formula is C17H31Cl2N3. The van der Waals surface area contributed by atoms with Gasteiger partial charge in [0.2, 0.25) is 0 Å². The Morgan fingerprint density at radius 3 is 2.41 bits per heavy atom. The largest absolute Gasteiger partial charge is 0.317 e. The van der Waals surface area contributed by atoms with Crippen molar-refractivity contribution in [2.24, 2.45) is 5.92 Å². The van der Waals surface area contributed by atoms with Gasteiger partial charge in [0, 0.05) is 18.2 Å². The summed E-state index contributed by atoms with van der Waals surface area (Å²) >= 11 is 0. The van der Waals surface area contributed by atoms with Crippen LogP contribution in [0.25, 0.3) is 0 Å². The van der Waals surface area contributed by atoms with Crippen molar-refractivity contribution in [3.63, 3.8) is 0 Å². The molecule has 1 N–H and O–H groups in total. The fourth-order valence-corrected chi connectivity index (χ4v) is 3.97. The molecule has 5 heteroatoms. The van der Waals surface area contributed by atoms with Gasteiger partial charge >= 0.3 is 0 Å². The van der Waals surface area contributed by atoms with Gasteiger partial charge in [-0.15, -0.1) is 24.8 Å². The van der Waals surface area contributed by atoms with Crippen LogP contribution in [-0.4, -0.2) is 22.9 Å². The van der Waals surface area contributed by atoms with E-state index >= 15 is 0 Å². The number of hydrogen-bond donors (Lipinski definition) is 1. The maximum atomic E-state index is 4.89. The minimum Gasteiger partial charge on any atom is -0.317 e. The average Bonchev–Trinajstić information content (AvgIpc) is 2.92. The standard InChI is InChI=1S/C17H29N3.2ClH/c1-2-20-17(15-8-10-18-11-9-15)13-16(19-20)12-14-6-4-3-5-7-14;;/h13-15,18H,2-12H2,1H3;2*1H. The van der Waals surface area contributed by atoms with Crippen LogP contribution in [0.1, 0.15) is 69.2 Å². The van der Waals surface area contributed by atoms with E-state index < -0.39 is 0 Å². The van der Waals surface area contributed by atoms with Crippen molar-refractivity contribution < 1.29 is 0 Å². The lowest BCUT2D eigenvalue weighted by Crippen LogP contribution is -2.27. The van der Waals surface area contributed by atoms with Gasteiger partial charge in [0.1, 0.15) is 0 Å². The smallest absolute Gasteiger partial charge is 0.0630 e. The summed E-state index contributed by atoms with van der Waals surface area (Å²) in [5.74, 6) is 1.62. The molecule has 0 aromatic carbocycles. The van der Waals surface area contributed by atoms with Crippen LogP contribution >= 0.6 is 24.8 Å². The molecule has 1 saturated carbocycles. The molecule has 3 rings (SSSR count). The molecule has 1 saturated heterocycles. The van der Waals surface area contributed by atoms with E-state index in [0.29, 0.717) is 0 Å². The van der Waals surface area contributed by atoms with Crippen LogP contribution in [0.3, 0.4) is 0 Å². The molecule has 2 fully saturated rings. The number of aryl methyl sites for hydroxylation is 1. The number of aromatic nitrogens is 2. The van der Waals surface area contributed by atoms with Crippen LogP contribution in [0, 0.1) is 5.92 Å². The molecule has 1 aromatic rings. The van der Waals surface area contributed by atoms with Crippen LogP contribution in [0.4, 0.5) is 0 Å². The van der Waals surface area contributed by atoms with Gasteiger partial charge in [-0.05, 0) is 51.3 Å². The number of hydrogen-bond acceptors (Lipinski definition) is 2. The quantitative estimate of drug-likeness (QED) is 0.877. The summed E-state index contributed by atoms with van der Waals surface area (Å²) in [5, 5.41) is 8.36. The monoisotopic (exact) mass is 347 g/mol. The van der Waals surface area contributed by atoms with Crippen LogP contribution in [0.2, 0.25) is 0 Å². The first-order chi connectivity index (χ1) is 9.86. The minimum atomic E-state index is 0. The predicted octanol–water partition coefficient (Wildman–Crippen LogP) is 4.34. The second-order valence-corrected chi connectivity index (χ2v) is 6.61. The molecular weight excluding hydrogens is 317 g/mol. The van der Waals surface area contributed by atoms with Gasteiger partial charge in [0.25, 0.3) is 0 Å². The van der Waals surface area contributed by atoms with E-state index in [9.17, 15) is 0 Å². The van der Waals surface area contributed by atoms with E-state index in [1.54, 1.807) is 0 Å². The molecule has 128 valence electrons. The maximum Gasteiger partial charge on any atom is 0.0630 e. The molecule has 2 aliphatic rings. The topological polar surface area (TPSA) is 29.9 Å². The SMILES string of the molecule is CCn1nc(CC2CCCCC2)cc1C1CCNCC1.Cl.Cl. The van der Waals surface area contributed by atoms with Crippen LogP contribution in [-0.2, 0) is 13.0 Å². The Hall–Kier alpha value is -0.250. The number of halogens is 2. The average molecular weight is 348 g/mol. The summed E-state index contributed by atoms with van der Waals surface area (Å²) in [6, 6.07) is 2.42. The van der Waals surface area contributed by atoms with Gasteiger partial charge in [-0.2, -0.15) is 5.10 Å². The van der Waals surface area contributed by atoms with Gasteiger partial charge in [-0.25, -0.2) is 0 Å². The van der Waals surface area contributed by atoms with Gasteiger partial charge in [-0.3, -0.25) is 4.68 Å². The van der Waals surface area contributed by atoms with Crippen molar-refractivity contribution in [1.82, 2.24) is 15.1 Å². The summed E-state index contributed by atoms with van der Waals surface area (Å²) in [6.45, 7) is 5.57. The van der Waals surface area contributed by atoms with Crippen molar-refractivity contribution in [1.29, 1.82) is 0 Å². The predicted molar refractivity (Wildman–Crippen MR) is 97.5 cm³/mol. The molecule has 0 atom stereocenters. The van der Waals surface area contributed by atoms with Crippen molar-refractivity contribution in [2.45, 2.75) is 70.8 Å². The van der Waals surface area contributed by atoms with Crippen molar-refractivity contribution in [3.8, 4) is 0 Å². The zero-order valence-corrected chi connectivity index (χ0v) is 15.4. The molecule has 1 aliphatic carbocycles. The first kappa shape index (κ1) is 19.8. The van der Waals surface area contributed by atoms with Gasteiger partial charge in [-0.1, -0.05) is 32.1 Å². The second-order valence-electron chi connectivity index (χ2n) is 6.61. The third-order valence-electron chi connectivity index (χ3n) is 5.14. The lowest BCUT2D eigenvalue weighted by molar-refractivity contribution is 0.353. The Labute approximate surface area is 147 Å². The number of nitrogens with zero attached hydrogens (tertiary/aromatic N) is 2. The Morgan fingerprint density at radius 1 is 1.09 bits per heavy atom. The Morgan fingerprint density at radius 2 is 1.77 bits per heavy atom. The molecule has 0 bridgehead atoms. The maximum absolute atomic E-state index is 4.89. The molecule has 0 amide bonds. The molecule has 22 heavy (non-hydrogen) atoms. The highest BCUT2D eigenvalue weighted by Gasteiger charge is 2.22. The normalized spacial score (nSPS) is 20.2. The van der Waals surface area contributed by atoms with Crippen molar-refractivity contribution in [2.75, 3.05) is 13.1 Å². The van der Waals surface area contributed by atoms with Crippen LogP contribution in [0.5, 0.6) is 0 Å². The highest BCUT2D eigenvalue weighted by Crippen LogP contribution is 2.29. The number of piperidine rings is 1. The van der Waals surface area contributed by atoms with E-state index in [1.165, 1.54) is 62.8 Å². The zero-order valence-electron chi connectivity index (χ0n) is 13.7. The first-order valence-corrected chi connectivity index (χ1v) is 8.64. The Kier molecular flexibility index (Phi) is 8.81. The minimum absolute atomic E-state index is 0. The van der Waals surface area contributed by atoms with E-state index in [-0.39, 0.29) is 24.8 Å². The van der Waals surface area contributed by atoms with E-state index in [4.69, 9.17) is 5.10 Å². The van der Waals surface area contributed by atoms with Gasteiger partial charge in [0.15, 0.2) is 0 Å². The van der Waals surface area contributed by atoms with E-state index in [2.05, 4.69) is 23.0 Å². The summed E-state index contributed by atoms with van der Waals surface area (Å²) in [5.41, 5.74) is 2.85. The Bertz CT molecular complexity index is 422. The molecule has 0 radical (unpaired) electrons. The summed E-state index contributed by atoms with van der Waals surface area (Å²) < 4.78 is 2.27. The number of rotatable bonds is 4. The summed E-state index contributed by atoms with van der Waals surface area (Å²) in [6.07, 6.45) is 10.9. The summed E-state index contributed by atoms with van der Waals surface area (Å²) in [7, 11) is 0. The van der Waals surface area contributed by atoms with Crippen LogP contribution in [0.15, 0.2) is 6.07 Å². The second kappa shape index (κ2) is 9.79. The molecule has 1 aromatic heterocycles. The van der Waals surface area contributed by atoms with E-state index in [0.717, 1.165) is 31.5 Å². The van der Waals surface area contributed by atoms with Gasteiger partial charge in [0.05, 0.1) is 5.69 Å². The molecule has 1 aliphatic heterocycles. The first-order valence-electron chi connectivity index (χ1n) is 8.64. The highest BCUT2D eigenvalue weighted by atomic mass is 35.5. The molecule has 0 unspecified atom stereocenters. The zero-order chi connectivity index (χ0) is 13.8. The summed E-state index contributed by atoms with van der Waals surface area (Å²) in [4.78, 5) is 0. The number of nitrogens with one attached hydrogen (secondary N) is 1. The van der Waals surface area contributed by atoms with Gasteiger partial charge < -0.3 is 5.32 Å². The van der Waals surface area contributed by atoms with Crippen molar-refractivity contribution in [3.05, 3.63) is 17.5 Å². The fourth-order valence-electron chi connectivity index (χ4n) is 3.97. The lowest BCUT2D eigenvalue weighted by atomic mass is 9.86. The van der Waals surface area contributed by atoms with Crippen LogP contribution < -0.4 is 5.32 Å². The third kappa shape index (κ3) is 4.87. The molecule has 0 spiro atoms. The Balaban J connectivity index is 0.00000121. The lowest BCUT2D eigenvalue weighted by Gasteiger charge is -2.23. The molecule has 3 nitrogen and oxygen atoms in total.